The standard InChI is InChI=1S/2C12H28N.2BrH.H2O/c2*1-5-9-13(10-6-2,11-7-3)12-8-4;;;/h2*5-12H2,1-4H3;2*1H;1H2/q2*+1;;;/p-2. The first kappa shape index (κ1) is 40.2. The van der Waals surface area contributed by atoms with E-state index in [1.807, 2.05) is 0 Å². The number of hydrogen-bond acceptors (Lipinski definition) is 0. The number of quaternary nitrogens is 2. The van der Waals surface area contributed by atoms with E-state index in [1.165, 1.54) is 113 Å². The molecule has 0 aromatic rings. The Morgan fingerprint density at radius 1 is 0.310 bits per heavy atom. The fraction of sp³-hybridized carbons (Fsp3) is 1.00. The lowest BCUT2D eigenvalue weighted by Gasteiger charge is -2.38. The van der Waals surface area contributed by atoms with Crippen LogP contribution in [-0.4, -0.2) is 66.8 Å². The Morgan fingerprint density at radius 2 is 0.414 bits per heavy atom. The van der Waals surface area contributed by atoms with Gasteiger partial charge < -0.3 is 48.4 Å². The molecule has 0 heterocycles. The van der Waals surface area contributed by atoms with Crippen LogP contribution in [0.4, 0.5) is 0 Å². The van der Waals surface area contributed by atoms with Crippen LogP contribution in [0.25, 0.3) is 0 Å². The summed E-state index contributed by atoms with van der Waals surface area (Å²) in [7, 11) is 0. The Kier molecular flexibility index (Phi) is 37.3. The molecule has 0 spiro atoms. The van der Waals surface area contributed by atoms with Gasteiger partial charge in [-0.1, -0.05) is 55.4 Å². The molecule has 0 aliphatic carbocycles. The third-order valence-electron chi connectivity index (χ3n) is 5.58. The molecule has 0 saturated heterocycles. The van der Waals surface area contributed by atoms with Crippen LogP contribution in [0.15, 0.2) is 0 Å². The van der Waals surface area contributed by atoms with Crippen LogP contribution in [0, 0.1) is 0 Å². The summed E-state index contributed by atoms with van der Waals surface area (Å²) in [5.74, 6) is 0. The Bertz CT molecular complexity index is 205. The molecule has 2 N–H and O–H groups in total. The monoisotopic (exact) mass is 548 g/mol. The van der Waals surface area contributed by atoms with E-state index < -0.39 is 0 Å². The van der Waals surface area contributed by atoms with Crippen molar-refractivity contribution < 1.29 is 48.4 Å². The average molecular weight is 551 g/mol. The van der Waals surface area contributed by atoms with E-state index in [-0.39, 0.29) is 39.4 Å². The van der Waals surface area contributed by atoms with Gasteiger partial charge in [-0.05, 0) is 51.4 Å². The first-order valence-corrected chi connectivity index (χ1v) is 12.2. The smallest absolute Gasteiger partial charge is 0.0783 e. The molecule has 184 valence electrons. The molecule has 0 amide bonds. The lowest BCUT2D eigenvalue weighted by Crippen LogP contribution is -3.00. The normalized spacial score (nSPS) is 10.8. The van der Waals surface area contributed by atoms with E-state index in [0.717, 1.165) is 0 Å². The summed E-state index contributed by atoms with van der Waals surface area (Å²) in [6.45, 7) is 29.6. The van der Waals surface area contributed by atoms with Crippen LogP contribution in [0.3, 0.4) is 0 Å². The lowest BCUT2D eigenvalue weighted by molar-refractivity contribution is -0.928. The van der Waals surface area contributed by atoms with Crippen molar-refractivity contribution in [2.75, 3.05) is 52.4 Å². The van der Waals surface area contributed by atoms with E-state index in [0.29, 0.717) is 0 Å². The van der Waals surface area contributed by atoms with Crippen LogP contribution in [0.5, 0.6) is 0 Å². The molecule has 0 rings (SSSR count). The minimum atomic E-state index is 0. The van der Waals surface area contributed by atoms with Gasteiger partial charge in [0, 0.05) is 0 Å². The summed E-state index contributed by atoms with van der Waals surface area (Å²) in [4.78, 5) is 0. The van der Waals surface area contributed by atoms with Gasteiger partial charge in [-0.15, -0.1) is 0 Å². The molecule has 0 saturated carbocycles. The zero-order valence-electron chi connectivity index (χ0n) is 21.5. The van der Waals surface area contributed by atoms with Gasteiger partial charge in [0.15, 0.2) is 0 Å². The summed E-state index contributed by atoms with van der Waals surface area (Å²) in [6, 6.07) is 0. The van der Waals surface area contributed by atoms with Crippen molar-refractivity contribution in [2.45, 2.75) is 107 Å². The van der Waals surface area contributed by atoms with Crippen molar-refractivity contribution in [3.63, 3.8) is 0 Å². The van der Waals surface area contributed by atoms with Gasteiger partial charge in [0.2, 0.25) is 0 Å². The fourth-order valence-electron chi connectivity index (χ4n) is 5.14. The lowest BCUT2D eigenvalue weighted by atomic mass is 10.2. The first-order valence-electron chi connectivity index (χ1n) is 12.2. The Balaban J connectivity index is -0.000000120. The summed E-state index contributed by atoms with van der Waals surface area (Å²) < 4.78 is 2.75. The molecule has 0 bridgehead atoms. The van der Waals surface area contributed by atoms with Crippen molar-refractivity contribution in [3.05, 3.63) is 0 Å². The van der Waals surface area contributed by atoms with Crippen molar-refractivity contribution in [1.82, 2.24) is 0 Å². The molecule has 0 aromatic heterocycles. The summed E-state index contributed by atoms with van der Waals surface area (Å²) in [6.07, 6.45) is 10.7. The molecule has 0 fully saturated rings. The number of rotatable bonds is 16. The van der Waals surface area contributed by atoms with Crippen molar-refractivity contribution in [2.24, 2.45) is 0 Å². The predicted octanol–water partition coefficient (Wildman–Crippen LogP) is 0.0697. The van der Waals surface area contributed by atoms with Gasteiger partial charge in [-0.3, -0.25) is 0 Å². The molecule has 0 aliphatic rings. The fourth-order valence-corrected chi connectivity index (χ4v) is 5.14. The zero-order valence-corrected chi connectivity index (χ0v) is 24.6. The van der Waals surface area contributed by atoms with E-state index in [4.69, 9.17) is 0 Å². The van der Waals surface area contributed by atoms with Gasteiger partial charge in [0.05, 0.1) is 52.4 Å². The largest absolute Gasteiger partial charge is 1.00 e. The second-order valence-corrected chi connectivity index (χ2v) is 8.47. The van der Waals surface area contributed by atoms with E-state index in [9.17, 15) is 0 Å². The van der Waals surface area contributed by atoms with Crippen LogP contribution in [0.1, 0.15) is 107 Å². The van der Waals surface area contributed by atoms with Crippen molar-refractivity contribution in [3.8, 4) is 0 Å². The van der Waals surface area contributed by atoms with Crippen LogP contribution < -0.4 is 34.0 Å². The minimum Gasteiger partial charge on any atom is -1.00 e. The topological polar surface area (TPSA) is 31.5 Å². The van der Waals surface area contributed by atoms with E-state index in [2.05, 4.69) is 55.4 Å². The molecular weight excluding hydrogens is 492 g/mol. The molecule has 0 aromatic carbocycles. The van der Waals surface area contributed by atoms with Crippen molar-refractivity contribution >= 4 is 0 Å². The van der Waals surface area contributed by atoms with Crippen molar-refractivity contribution in [1.29, 1.82) is 0 Å². The summed E-state index contributed by atoms with van der Waals surface area (Å²) in [5.41, 5.74) is 0. The zero-order chi connectivity index (χ0) is 20.3. The summed E-state index contributed by atoms with van der Waals surface area (Å²) >= 11 is 0. The Hall–Kier alpha value is 0.840. The minimum absolute atomic E-state index is 0. The van der Waals surface area contributed by atoms with Gasteiger partial charge in [-0.25, -0.2) is 0 Å². The highest BCUT2D eigenvalue weighted by molar-refractivity contribution is 4.45. The Morgan fingerprint density at radius 3 is 0.483 bits per heavy atom. The quantitative estimate of drug-likeness (QED) is 0.244. The highest BCUT2D eigenvalue weighted by atomic mass is 79.9. The van der Waals surface area contributed by atoms with Crippen LogP contribution in [0.2, 0.25) is 0 Å². The molecular formula is C24H58Br2N2O. The van der Waals surface area contributed by atoms with Gasteiger partial charge in [0.1, 0.15) is 0 Å². The molecule has 0 aliphatic heterocycles. The molecule has 29 heavy (non-hydrogen) atoms. The maximum Gasteiger partial charge on any atom is 0.0783 e. The summed E-state index contributed by atoms with van der Waals surface area (Å²) in [5, 5.41) is 0. The van der Waals surface area contributed by atoms with Gasteiger partial charge in [-0.2, -0.15) is 0 Å². The molecule has 5 heteroatoms. The molecule has 0 atom stereocenters. The van der Waals surface area contributed by atoms with E-state index >= 15 is 0 Å². The SMILES string of the molecule is CCC[N+](CCC)(CCC)CCC.CCC[N+](CCC)(CCC)CCC.O.[Br-].[Br-]. The predicted molar refractivity (Wildman–Crippen MR) is 125 cm³/mol. The average Bonchev–Trinajstić information content (AvgIpc) is 2.57. The molecule has 3 nitrogen and oxygen atoms in total. The van der Waals surface area contributed by atoms with Crippen LogP contribution >= 0.6 is 0 Å². The second kappa shape index (κ2) is 26.9. The van der Waals surface area contributed by atoms with Crippen LogP contribution in [-0.2, 0) is 0 Å². The highest BCUT2D eigenvalue weighted by Gasteiger charge is 2.23. The first-order chi connectivity index (χ1) is 12.5. The molecule has 0 radical (unpaired) electrons. The molecule has 0 unspecified atom stereocenters. The van der Waals surface area contributed by atoms with Gasteiger partial charge in [0.25, 0.3) is 0 Å². The Labute approximate surface area is 207 Å². The maximum atomic E-state index is 2.31. The number of nitrogens with zero attached hydrogens (tertiary/aromatic N) is 2. The van der Waals surface area contributed by atoms with Gasteiger partial charge >= 0.3 is 0 Å². The highest BCUT2D eigenvalue weighted by Crippen LogP contribution is 2.13. The second-order valence-electron chi connectivity index (χ2n) is 8.47. The third-order valence-corrected chi connectivity index (χ3v) is 5.58. The maximum absolute atomic E-state index is 2.31. The van der Waals surface area contributed by atoms with E-state index in [1.54, 1.807) is 0 Å². The number of halogens is 2. The number of hydrogen-bond donors (Lipinski definition) is 0. The third kappa shape index (κ3) is 19.3.